The SMILES string of the molecule is CCCNC1CC2CCCC(C1)N2CCOC(N)=O. The minimum absolute atomic E-state index is 0.426. The maximum absolute atomic E-state index is 10.6. The van der Waals surface area contributed by atoms with E-state index in [9.17, 15) is 4.79 Å². The van der Waals surface area contributed by atoms with Crippen LogP contribution in [0, 0.1) is 0 Å². The largest absolute Gasteiger partial charge is 0.448 e. The molecule has 2 atom stereocenters. The van der Waals surface area contributed by atoms with E-state index in [-0.39, 0.29) is 0 Å². The van der Waals surface area contributed by atoms with Gasteiger partial charge in [0.25, 0.3) is 0 Å². The fourth-order valence-electron chi connectivity index (χ4n) is 3.61. The number of primary amides is 1. The summed E-state index contributed by atoms with van der Waals surface area (Å²) in [4.78, 5) is 13.2. The molecule has 5 nitrogen and oxygen atoms in total. The van der Waals surface area contributed by atoms with Crippen molar-refractivity contribution in [3.63, 3.8) is 0 Å². The van der Waals surface area contributed by atoms with E-state index in [2.05, 4.69) is 17.1 Å². The zero-order valence-corrected chi connectivity index (χ0v) is 11.9. The average Bonchev–Trinajstić information content (AvgIpc) is 2.36. The van der Waals surface area contributed by atoms with Crippen LogP contribution in [0.2, 0.25) is 0 Å². The molecule has 5 heteroatoms. The third kappa shape index (κ3) is 4.08. The Kier molecular flexibility index (Phi) is 5.45. The van der Waals surface area contributed by atoms with Crippen molar-refractivity contribution in [1.82, 2.24) is 10.2 Å². The lowest BCUT2D eigenvalue weighted by Gasteiger charge is -2.49. The molecule has 2 fully saturated rings. The van der Waals surface area contributed by atoms with Crippen LogP contribution in [0.1, 0.15) is 45.4 Å². The van der Waals surface area contributed by atoms with Crippen LogP contribution in [0.4, 0.5) is 4.79 Å². The zero-order valence-electron chi connectivity index (χ0n) is 11.9. The van der Waals surface area contributed by atoms with Crippen molar-refractivity contribution in [3.8, 4) is 0 Å². The molecular weight excluding hydrogens is 242 g/mol. The third-order valence-corrected chi connectivity index (χ3v) is 4.40. The predicted molar refractivity (Wildman–Crippen MR) is 75.0 cm³/mol. The second-order valence-electron chi connectivity index (χ2n) is 5.77. The van der Waals surface area contributed by atoms with Crippen LogP contribution in [0.25, 0.3) is 0 Å². The fraction of sp³-hybridized carbons (Fsp3) is 0.929. The highest BCUT2D eigenvalue weighted by molar-refractivity contribution is 5.64. The Bertz CT molecular complexity index is 284. The van der Waals surface area contributed by atoms with Gasteiger partial charge in [-0.1, -0.05) is 13.3 Å². The molecule has 2 heterocycles. The summed E-state index contributed by atoms with van der Waals surface area (Å²) in [5, 5.41) is 3.66. The monoisotopic (exact) mass is 269 g/mol. The molecule has 2 rings (SSSR count). The summed E-state index contributed by atoms with van der Waals surface area (Å²) in [6, 6.07) is 1.97. The van der Waals surface area contributed by atoms with Crippen LogP contribution in [0.5, 0.6) is 0 Å². The quantitative estimate of drug-likeness (QED) is 0.766. The lowest BCUT2D eigenvalue weighted by molar-refractivity contribution is 0.0103. The molecule has 0 saturated carbocycles. The molecule has 19 heavy (non-hydrogen) atoms. The van der Waals surface area contributed by atoms with Crippen LogP contribution in [-0.4, -0.2) is 48.8 Å². The maximum Gasteiger partial charge on any atom is 0.404 e. The van der Waals surface area contributed by atoms with Crippen LogP contribution in [-0.2, 0) is 4.74 Å². The minimum Gasteiger partial charge on any atom is -0.448 e. The van der Waals surface area contributed by atoms with Crippen LogP contribution < -0.4 is 11.1 Å². The second kappa shape index (κ2) is 7.10. The van der Waals surface area contributed by atoms with Crippen LogP contribution in [0.15, 0.2) is 0 Å². The van der Waals surface area contributed by atoms with E-state index in [1.807, 2.05) is 0 Å². The molecule has 2 bridgehead atoms. The van der Waals surface area contributed by atoms with Gasteiger partial charge in [0.2, 0.25) is 0 Å². The van der Waals surface area contributed by atoms with Gasteiger partial charge in [0.05, 0.1) is 0 Å². The number of amides is 1. The number of hydrogen-bond donors (Lipinski definition) is 2. The summed E-state index contributed by atoms with van der Waals surface area (Å²) in [6.07, 6.45) is 6.88. The number of ether oxygens (including phenoxy) is 1. The van der Waals surface area contributed by atoms with Gasteiger partial charge in [-0.2, -0.15) is 0 Å². The van der Waals surface area contributed by atoms with E-state index >= 15 is 0 Å². The van der Waals surface area contributed by atoms with Crippen molar-refractivity contribution < 1.29 is 9.53 Å². The van der Waals surface area contributed by atoms with Crippen molar-refractivity contribution in [2.45, 2.75) is 63.6 Å². The molecule has 0 aromatic heterocycles. The highest BCUT2D eigenvalue weighted by atomic mass is 16.5. The summed E-state index contributed by atoms with van der Waals surface area (Å²) in [7, 11) is 0. The molecule has 110 valence electrons. The Morgan fingerprint density at radius 2 is 2.05 bits per heavy atom. The molecule has 3 N–H and O–H groups in total. The number of nitrogens with two attached hydrogens (primary N) is 1. The standard InChI is InChI=1S/C14H27N3O2/c1-2-6-16-11-9-12-4-3-5-13(10-11)17(12)7-8-19-14(15)18/h11-13,16H,2-10H2,1H3,(H2,15,18). The summed E-state index contributed by atoms with van der Waals surface area (Å²) in [6.45, 7) is 4.59. The average molecular weight is 269 g/mol. The summed E-state index contributed by atoms with van der Waals surface area (Å²) in [5.41, 5.74) is 5.01. The van der Waals surface area contributed by atoms with Crippen molar-refractivity contribution in [2.75, 3.05) is 19.7 Å². The summed E-state index contributed by atoms with van der Waals surface area (Å²) in [5.74, 6) is 0. The first-order chi connectivity index (χ1) is 9.20. The lowest BCUT2D eigenvalue weighted by atomic mass is 9.81. The molecule has 0 spiro atoms. The van der Waals surface area contributed by atoms with Gasteiger partial charge < -0.3 is 15.8 Å². The molecular formula is C14H27N3O2. The van der Waals surface area contributed by atoms with Gasteiger partial charge in [0.1, 0.15) is 6.61 Å². The molecule has 2 aliphatic heterocycles. The highest BCUT2D eigenvalue weighted by Gasteiger charge is 2.37. The van der Waals surface area contributed by atoms with Crippen LogP contribution in [0.3, 0.4) is 0 Å². The highest BCUT2D eigenvalue weighted by Crippen LogP contribution is 2.33. The van der Waals surface area contributed by atoms with Gasteiger partial charge >= 0.3 is 6.09 Å². The Hall–Kier alpha value is -0.810. The molecule has 2 saturated heterocycles. The van der Waals surface area contributed by atoms with E-state index in [0.29, 0.717) is 24.7 Å². The minimum atomic E-state index is -0.662. The van der Waals surface area contributed by atoms with E-state index in [1.165, 1.54) is 38.5 Å². The molecule has 2 aliphatic rings. The molecule has 1 amide bonds. The Balaban J connectivity index is 1.83. The van der Waals surface area contributed by atoms with Gasteiger partial charge in [-0.3, -0.25) is 4.90 Å². The molecule has 0 aliphatic carbocycles. The topological polar surface area (TPSA) is 67.6 Å². The van der Waals surface area contributed by atoms with Crippen molar-refractivity contribution in [1.29, 1.82) is 0 Å². The Morgan fingerprint density at radius 1 is 1.37 bits per heavy atom. The second-order valence-corrected chi connectivity index (χ2v) is 5.77. The number of piperidine rings is 2. The molecule has 0 aromatic carbocycles. The zero-order chi connectivity index (χ0) is 13.7. The number of nitrogens with one attached hydrogen (secondary N) is 1. The first-order valence-electron chi connectivity index (χ1n) is 7.62. The number of carbonyl (C=O) groups is 1. The number of fused-ring (bicyclic) bond motifs is 2. The summed E-state index contributed by atoms with van der Waals surface area (Å²) >= 11 is 0. The lowest BCUT2D eigenvalue weighted by Crippen LogP contribution is -2.57. The normalized spacial score (nSPS) is 31.1. The van der Waals surface area contributed by atoms with E-state index in [1.54, 1.807) is 0 Å². The van der Waals surface area contributed by atoms with Crippen molar-refractivity contribution in [2.24, 2.45) is 5.73 Å². The van der Waals surface area contributed by atoms with Gasteiger partial charge in [-0.25, -0.2) is 4.79 Å². The Labute approximate surface area is 115 Å². The Morgan fingerprint density at radius 3 is 2.63 bits per heavy atom. The van der Waals surface area contributed by atoms with Crippen molar-refractivity contribution in [3.05, 3.63) is 0 Å². The number of nitrogens with zero attached hydrogens (tertiary/aromatic N) is 1. The fourth-order valence-corrected chi connectivity index (χ4v) is 3.61. The number of rotatable bonds is 6. The van der Waals surface area contributed by atoms with Gasteiger partial charge in [0.15, 0.2) is 0 Å². The van der Waals surface area contributed by atoms with Gasteiger partial charge in [0, 0.05) is 24.7 Å². The number of carbonyl (C=O) groups excluding carboxylic acids is 1. The van der Waals surface area contributed by atoms with Gasteiger partial charge in [-0.05, 0) is 38.6 Å². The first-order valence-corrected chi connectivity index (χ1v) is 7.62. The number of hydrogen-bond acceptors (Lipinski definition) is 4. The van der Waals surface area contributed by atoms with E-state index in [4.69, 9.17) is 10.5 Å². The van der Waals surface area contributed by atoms with Crippen LogP contribution >= 0.6 is 0 Å². The predicted octanol–water partition coefficient (Wildman–Crippen LogP) is 1.47. The van der Waals surface area contributed by atoms with E-state index < -0.39 is 6.09 Å². The molecule has 0 radical (unpaired) electrons. The smallest absolute Gasteiger partial charge is 0.404 e. The van der Waals surface area contributed by atoms with Crippen molar-refractivity contribution >= 4 is 6.09 Å². The third-order valence-electron chi connectivity index (χ3n) is 4.40. The summed E-state index contributed by atoms with van der Waals surface area (Å²) < 4.78 is 4.88. The van der Waals surface area contributed by atoms with Gasteiger partial charge in [-0.15, -0.1) is 0 Å². The molecule has 2 unspecified atom stereocenters. The maximum atomic E-state index is 10.6. The first kappa shape index (κ1) is 14.6. The molecule has 0 aromatic rings. The van der Waals surface area contributed by atoms with E-state index in [0.717, 1.165) is 13.1 Å².